The number of halogens is 1. The molecule has 4 nitrogen and oxygen atoms in total. The summed E-state index contributed by atoms with van der Waals surface area (Å²) in [6, 6.07) is 7.14. The van der Waals surface area contributed by atoms with Gasteiger partial charge in [-0.1, -0.05) is 18.6 Å². The normalized spacial score (nSPS) is 26.6. The lowest BCUT2D eigenvalue weighted by Gasteiger charge is -2.20. The van der Waals surface area contributed by atoms with E-state index in [1.54, 1.807) is 18.2 Å². The molecule has 2 bridgehead atoms. The lowest BCUT2D eigenvalue weighted by molar-refractivity contribution is -0.123. The molecule has 1 aromatic rings. The van der Waals surface area contributed by atoms with Gasteiger partial charge in [0, 0.05) is 10.9 Å². The molecule has 2 saturated carbocycles. The van der Waals surface area contributed by atoms with Gasteiger partial charge in [-0.25, -0.2) is 0 Å². The maximum absolute atomic E-state index is 12.0. The lowest BCUT2D eigenvalue weighted by atomic mass is 9.86. The highest BCUT2D eigenvalue weighted by Gasteiger charge is 2.40. The molecular weight excluding hydrogens is 332 g/mol. The van der Waals surface area contributed by atoms with E-state index >= 15 is 0 Å². The molecule has 2 N–H and O–H groups in total. The van der Waals surface area contributed by atoms with E-state index in [1.165, 1.54) is 25.7 Å². The van der Waals surface area contributed by atoms with Crippen molar-refractivity contribution in [1.29, 1.82) is 0 Å². The van der Waals surface area contributed by atoms with Crippen LogP contribution >= 0.6 is 15.9 Å². The van der Waals surface area contributed by atoms with Crippen LogP contribution in [0.4, 0.5) is 0 Å². The number of amides is 2. The van der Waals surface area contributed by atoms with Crippen molar-refractivity contribution in [3.63, 3.8) is 0 Å². The number of fused-ring (bicyclic) bond motifs is 2. The number of rotatable bonds is 3. The van der Waals surface area contributed by atoms with Crippen molar-refractivity contribution in [2.24, 2.45) is 17.8 Å². The summed E-state index contributed by atoms with van der Waals surface area (Å²) in [6.45, 7) is 0. The predicted molar refractivity (Wildman–Crippen MR) is 83.3 cm³/mol. The van der Waals surface area contributed by atoms with Gasteiger partial charge in [-0.05, 0) is 65.1 Å². The van der Waals surface area contributed by atoms with Gasteiger partial charge in [0.25, 0.3) is 5.91 Å². The van der Waals surface area contributed by atoms with Gasteiger partial charge in [0.05, 0.1) is 5.56 Å². The third-order valence-electron chi connectivity index (χ3n) is 4.77. The van der Waals surface area contributed by atoms with Gasteiger partial charge in [0.2, 0.25) is 5.91 Å². The van der Waals surface area contributed by atoms with Gasteiger partial charge in [0.15, 0.2) is 0 Å². The molecule has 1 aromatic carbocycles. The lowest BCUT2D eigenvalue weighted by Crippen LogP contribution is -2.42. The van der Waals surface area contributed by atoms with Crippen LogP contribution in [0.5, 0.6) is 0 Å². The summed E-state index contributed by atoms with van der Waals surface area (Å²) < 4.78 is 0.713. The topological polar surface area (TPSA) is 58.2 Å². The minimum absolute atomic E-state index is 0.0899. The quantitative estimate of drug-likeness (QED) is 0.823. The molecular formula is C16H19BrN2O2. The Balaban J connectivity index is 1.48. The zero-order chi connectivity index (χ0) is 14.8. The minimum atomic E-state index is -0.302. The molecule has 0 aromatic heterocycles. The Morgan fingerprint density at radius 2 is 1.95 bits per heavy atom. The Kier molecular flexibility index (Phi) is 4.29. The van der Waals surface area contributed by atoms with E-state index in [0.29, 0.717) is 22.4 Å². The Hall–Kier alpha value is -1.36. The van der Waals surface area contributed by atoms with Gasteiger partial charge >= 0.3 is 0 Å². The number of hydrogen-bond donors (Lipinski definition) is 2. The third-order valence-corrected chi connectivity index (χ3v) is 5.46. The molecule has 2 amide bonds. The first-order chi connectivity index (χ1) is 10.1. The van der Waals surface area contributed by atoms with Crippen molar-refractivity contribution in [3.8, 4) is 0 Å². The number of hydrazine groups is 1. The highest BCUT2D eigenvalue weighted by atomic mass is 79.9. The van der Waals surface area contributed by atoms with E-state index in [4.69, 9.17) is 0 Å². The molecule has 112 valence electrons. The van der Waals surface area contributed by atoms with E-state index in [9.17, 15) is 9.59 Å². The maximum atomic E-state index is 12.0. The van der Waals surface area contributed by atoms with Crippen molar-refractivity contribution in [2.75, 3.05) is 0 Å². The van der Waals surface area contributed by atoms with Crippen LogP contribution in [0.2, 0.25) is 0 Å². The van der Waals surface area contributed by atoms with Crippen molar-refractivity contribution in [2.45, 2.75) is 32.1 Å². The second-order valence-electron chi connectivity index (χ2n) is 6.12. The predicted octanol–water partition coefficient (Wildman–Crippen LogP) is 3.04. The van der Waals surface area contributed by atoms with Crippen molar-refractivity contribution >= 4 is 27.7 Å². The molecule has 0 aliphatic heterocycles. The number of nitrogens with one attached hydrogen (secondary N) is 2. The highest BCUT2D eigenvalue weighted by Crippen LogP contribution is 2.49. The average Bonchev–Trinajstić information content (AvgIpc) is 3.08. The zero-order valence-electron chi connectivity index (χ0n) is 11.8. The molecule has 2 aliphatic rings. The fourth-order valence-electron chi connectivity index (χ4n) is 3.75. The van der Waals surface area contributed by atoms with E-state index in [1.807, 2.05) is 6.07 Å². The van der Waals surface area contributed by atoms with Crippen LogP contribution in [-0.4, -0.2) is 11.8 Å². The Morgan fingerprint density at radius 3 is 2.62 bits per heavy atom. The Labute approximate surface area is 132 Å². The van der Waals surface area contributed by atoms with Crippen molar-refractivity contribution < 1.29 is 9.59 Å². The molecule has 2 aliphatic carbocycles. The molecule has 0 radical (unpaired) electrons. The fraction of sp³-hybridized carbons (Fsp3) is 0.500. The van der Waals surface area contributed by atoms with Crippen LogP contribution in [0.25, 0.3) is 0 Å². The van der Waals surface area contributed by atoms with Gasteiger partial charge in [-0.2, -0.15) is 0 Å². The van der Waals surface area contributed by atoms with Crippen molar-refractivity contribution in [3.05, 3.63) is 34.3 Å². The Morgan fingerprint density at radius 1 is 1.14 bits per heavy atom. The molecule has 2 fully saturated rings. The molecule has 21 heavy (non-hydrogen) atoms. The first kappa shape index (κ1) is 14.6. The third kappa shape index (κ3) is 3.28. The molecule has 0 unspecified atom stereocenters. The second-order valence-corrected chi connectivity index (χ2v) is 6.98. The van der Waals surface area contributed by atoms with Crippen LogP contribution in [0, 0.1) is 17.8 Å². The van der Waals surface area contributed by atoms with Gasteiger partial charge in [0.1, 0.15) is 0 Å². The molecule has 0 saturated heterocycles. The van der Waals surface area contributed by atoms with E-state index < -0.39 is 0 Å². The monoisotopic (exact) mass is 350 g/mol. The summed E-state index contributed by atoms with van der Waals surface area (Å²) in [7, 11) is 0. The Bertz CT molecular complexity index is 561. The van der Waals surface area contributed by atoms with Gasteiger partial charge in [-0.3, -0.25) is 20.4 Å². The van der Waals surface area contributed by atoms with Crippen LogP contribution in [0.3, 0.4) is 0 Å². The largest absolute Gasteiger partial charge is 0.273 e. The molecule has 0 heterocycles. The zero-order valence-corrected chi connectivity index (χ0v) is 13.4. The maximum Gasteiger partial charge on any atom is 0.270 e. The summed E-state index contributed by atoms with van der Waals surface area (Å²) in [5.41, 5.74) is 5.54. The number of carbonyl (C=O) groups excluding carboxylic acids is 2. The van der Waals surface area contributed by atoms with E-state index in [0.717, 1.165) is 11.8 Å². The smallest absolute Gasteiger partial charge is 0.270 e. The first-order valence-electron chi connectivity index (χ1n) is 7.47. The SMILES string of the molecule is O=C(C[C@@H]1C[C@@H]2CC[C@@H]1C2)NNC(=O)c1ccccc1Br. The van der Waals surface area contributed by atoms with Crippen LogP contribution in [0.1, 0.15) is 42.5 Å². The average molecular weight is 351 g/mol. The number of hydrogen-bond acceptors (Lipinski definition) is 2. The van der Waals surface area contributed by atoms with Crippen LogP contribution < -0.4 is 10.9 Å². The van der Waals surface area contributed by atoms with E-state index in [2.05, 4.69) is 26.8 Å². The molecule has 3 rings (SSSR count). The van der Waals surface area contributed by atoms with Gasteiger partial charge < -0.3 is 0 Å². The fourth-order valence-corrected chi connectivity index (χ4v) is 4.22. The minimum Gasteiger partial charge on any atom is -0.273 e. The number of carbonyl (C=O) groups is 2. The van der Waals surface area contributed by atoms with E-state index in [-0.39, 0.29) is 11.8 Å². The molecule has 5 heteroatoms. The molecule has 3 atom stereocenters. The molecule has 0 spiro atoms. The second kappa shape index (κ2) is 6.18. The number of benzene rings is 1. The highest BCUT2D eigenvalue weighted by molar-refractivity contribution is 9.10. The van der Waals surface area contributed by atoms with Crippen molar-refractivity contribution in [1.82, 2.24) is 10.9 Å². The summed E-state index contributed by atoms with van der Waals surface area (Å²) in [5, 5.41) is 0. The summed E-state index contributed by atoms with van der Waals surface area (Å²) in [5.74, 6) is 1.67. The van der Waals surface area contributed by atoms with Crippen LogP contribution in [-0.2, 0) is 4.79 Å². The summed E-state index contributed by atoms with van der Waals surface area (Å²) >= 11 is 3.32. The first-order valence-corrected chi connectivity index (χ1v) is 8.26. The van der Waals surface area contributed by atoms with Gasteiger partial charge in [-0.15, -0.1) is 0 Å². The standard InChI is InChI=1S/C16H19BrN2O2/c17-14-4-2-1-3-13(14)16(21)19-18-15(20)9-12-8-10-5-6-11(12)7-10/h1-4,10-12H,5-9H2,(H,18,20)(H,19,21)/t10-,11-,12+/m1/s1. The summed E-state index contributed by atoms with van der Waals surface area (Å²) in [4.78, 5) is 23.9. The summed E-state index contributed by atoms with van der Waals surface area (Å²) in [6.07, 6.45) is 5.60. The van der Waals surface area contributed by atoms with Crippen LogP contribution in [0.15, 0.2) is 28.7 Å².